The van der Waals surface area contributed by atoms with Gasteiger partial charge < -0.3 is 11.1 Å². The van der Waals surface area contributed by atoms with E-state index in [4.69, 9.17) is 5.73 Å². The Labute approximate surface area is 133 Å². The molecule has 116 valence electrons. The van der Waals surface area contributed by atoms with Crippen molar-refractivity contribution in [1.29, 1.82) is 0 Å². The van der Waals surface area contributed by atoms with Crippen LogP contribution in [-0.2, 0) is 11.3 Å². The van der Waals surface area contributed by atoms with Crippen molar-refractivity contribution >= 4 is 17.3 Å². The van der Waals surface area contributed by atoms with E-state index in [2.05, 4.69) is 20.7 Å². The summed E-state index contributed by atoms with van der Waals surface area (Å²) in [5.74, 6) is 0.171. The SMILES string of the molecule is Cc1ccc(NC(=O)Cn2nnc(-c3ccccc3N)n2)cc1. The summed E-state index contributed by atoms with van der Waals surface area (Å²) >= 11 is 0. The Bertz CT molecular complexity index is 825. The van der Waals surface area contributed by atoms with Gasteiger partial charge in [0.1, 0.15) is 6.54 Å². The average molecular weight is 308 g/mol. The summed E-state index contributed by atoms with van der Waals surface area (Å²) in [6.07, 6.45) is 0. The van der Waals surface area contributed by atoms with Gasteiger partial charge in [0.05, 0.1) is 0 Å². The van der Waals surface area contributed by atoms with E-state index in [1.165, 1.54) is 4.80 Å². The number of carbonyl (C=O) groups excluding carboxylic acids is 1. The van der Waals surface area contributed by atoms with Crippen molar-refractivity contribution in [3.63, 3.8) is 0 Å². The molecule has 0 fully saturated rings. The number of aromatic nitrogens is 4. The molecule has 0 aliphatic rings. The topological polar surface area (TPSA) is 98.7 Å². The molecular weight excluding hydrogens is 292 g/mol. The molecule has 0 radical (unpaired) electrons. The van der Waals surface area contributed by atoms with Gasteiger partial charge in [-0.3, -0.25) is 4.79 Å². The fourth-order valence-electron chi connectivity index (χ4n) is 2.08. The molecule has 2 aromatic carbocycles. The lowest BCUT2D eigenvalue weighted by atomic mass is 10.2. The number of nitrogen functional groups attached to an aromatic ring is 1. The highest BCUT2D eigenvalue weighted by Gasteiger charge is 2.11. The summed E-state index contributed by atoms with van der Waals surface area (Å²) in [6.45, 7) is 1.97. The maximum Gasteiger partial charge on any atom is 0.248 e. The van der Waals surface area contributed by atoms with E-state index in [0.717, 1.165) is 11.3 Å². The Morgan fingerprint density at radius 3 is 2.65 bits per heavy atom. The molecule has 3 rings (SSSR count). The number of nitrogens with zero attached hydrogens (tertiary/aromatic N) is 4. The number of hydrogen-bond acceptors (Lipinski definition) is 5. The molecule has 0 aliphatic carbocycles. The van der Waals surface area contributed by atoms with E-state index in [1.807, 2.05) is 49.4 Å². The minimum absolute atomic E-state index is 0.0202. The van der Waals surface area contributed by atoms with Crippen molar-refractivity contribution in [3.05, 3.63) is 54.1 Å². The van der Waals surface area contributed by atoms with E-state index in [1.54, 1.807) is 6.07 Å². The number of aryl methyl sites for hydroxylation is 1. The normalized spacial score (nSPS) is 10.5. The third kappa shape index (κ3) is 3.52. The molecule has 0 saturated carbocycles. The Balaban J connectivity index is 1.68. The van der Waals surface area contributed by atoms with Crippen molar-refractivity contribution in [1.82, 2.24) is 20.2 Å². The fraction of sp³-hybridized carbons (Fsp3) is 0.125. The van der Waals surface area contributed by atoms with Crippen LogP contribution in [0.1, 0.15) is 5.56 Å². The van der Waals surface area contributed by atoms with Crippen LogP contribution >= 0.6 is 0 Å². The Morgan fingerprint density at radius 1 is 1.17 bits per heavy atom. The predicted octanol–water partition coefficient (Wildman–Crippen LogP) is 1.87. The minimum Gasteiger partial charge on any atom is -0.398 e. The largest absolute Gasteiger partial charge is 0.398 e. The molecular formula is C16H16N6O. The molecule has 3 aromatic rings. The van der Waals surface area contributed by atoms with Gasteiger partial charge in [-0.25, -0.2) is 0 Å². The summed E-state index contributed by atoms with van der Waals surface area (Å²) in [6, 6.07) is 14.8. The predicted molar refractivity (Wildman–Crippen MR) is 87.5 cm³/mol. The number of nitrogens with two attached hydrogens (primary N) is 1. The maximum atomic E-state index is 12.0. The maximum absolute atomic E-state index is 12.0. The van der Waals surface area contributed by atoms with E-state index in [-0.39, 0.29) is 12.5 Å². The Morgan fingerprint density at radius 2 is 1.91 bits per heavy atom. The molecule has 7 heteroatoms. The van der Waals surface area contributed by atoms with Crippen LogP contribution in [0.25, 0.3) is 11.4 Å². The van der Waals surface area contributed by atoms with Crippen molar-refractivity contribution in [2.24, 2.45) is 0 Å². The molecule has 1 heterocycles. The molecule has 0 aliphatic heterocycles. The summed E-state index contributed by atoms with van der Waals surface area (Å²) < 4.78 is 0. The second-order valence-electron chi connectivity index (χ2n) is 5.14. The Kier molecular flexibility index (Phi) is 4.01. The number of rotatable bonds is 4. The number of nitrogens with one attached hydrogen (secondary N) is 1. The van der Waals surface area contributed by atoms with Crippen LogP contribution in [0.3, 0.4) is 0 Å². The molecule has 0 bridgehead atoms. The highest BCUT2D eigenvalue weighted by atomic mass is 16.2. The van der Waals surface area contributed by atoms with E-state index >= 15 is 0 Å². The van der Waals surface area contributed by atoms with Crippen molar-refractivity contribution < 1.29 is 4.79 Å². The summed E-state index contributed by atoms with van der Waals surface area (Å²) in [5, 5.41) is 14.8. The first-order valence-corrected chi connectivity index (χ1v) is 7.11. The fourth-order valence-corrected chi connectivity index (χ4v) is 2.08. The minimum atomic E-state index is -0.223. The third-order valence-electron chi connectivity index (χ3n) is 3.27. The molecule has 0 spiro atoms. The monoisotopic (exact) mass is 308 g/mol. The zero-order chi connectivity index (χ0) is 16.2. The number of anilines is 2. The quantitative estimate of drug-likeness (QED) is 0.717. The Hall–Kier alpha value is -3.22. The second-order valence-corrected chi connectivity index (χ2v) is 5.14. The average Bonchev–Trinajstić information content (AvgIpc) is 2.98. The lowest BCUT2D eigenvalue weighted by molar-refractivity contribution is -0.117. The van der Waals surface area contributed by atoms with Gasteiger partial charge in [0.2, 0.25) is 11.7 Å². The van der Waals surface area contributed by atoms with Gasteiger partial charge in [0.15, 0.2) is 0 Å². The standard InChI is InChI=1S/C16H16N6O/c1-11-6-8-12(9-7-11)18-15(23)10-22-20-16(19-21-22)13-4-2-3-5-14(13)17/h2-9H,10,17H2,1H3,(H,18,23). The van der Waals surface area contributed by atoms with Gasteiger partial charge in [-0.1, -0.05) is 29.8 Å². The smallest absolute Gasteiger partial charge is 0.248 e. The van der Waals surface area contributed by atoms with Crippen LogP contribution in [0.5, 0.6) is 0 Å². The highest BCUT2D eigenvalue weighted by Crippen LogP contribution is 2.20. The first kappa shape index (κ1) is 14.7. The third-order valence-corrected chi connectivity index (χ3v) is 3.27. The van der Waals surface area contributed by atoms with Gasteiger partial charge >= 0.3 is 0 Å². The summed E-state index contributed by atoms with van der Waals surface area (Å²) in [7, 11) is 0. The van der Waals surface area contributed by atoms with Gasteiger partial charge in [-0.15, -0.1) is 10.2 Å². The van der Waals surface area contributed by atoms with Crippen LogP contribution in [-0.4, -0.2) is 26.1 Å². The molecule has 23 heavy (non-hydrogen) atoms. The lowest BCUT2D eigenvalue weighted by Crippen LogP contribution is -2.20. The molecule has 1 aromatic heterocycles. The summed E-state index contributed by atoms with van der Waals surface area (Å²) in [4.78, 5) is 13.3. The molecule has 3 N–H and O–H groups in total. The number of hydrogen-bond donors (Lipinski definition) is 2. The van der Waals surface area contributed by atoms with Crippen molar-refractivity contribution in [2.75, 3.05) is 11.1 Å². The summed E-state index contributed by atoms with van der Waals surface area (Å²) in [5.41, 5.74) is 9.00. The van der Waals surface area contributed by atoms with E-state index in [9.17, 15) is 4.79 Å². The molecule has 0 atom stereocenters. The van der Waals surface area contributed by atoms with Crippen LogP contribution in [0.15, 0.2) is 48.5 Å². The number of benzene rings is 2. The van der Waals surface area contributed by atoms with Crippen LogP contribution in [0.4, 0.5) is 11.4 Å². The first-order chi connectivity index (χ1) is 11.1. The highest BCUT2D eigenvalue weighted by molar-refractivity contribution is 5.90. The zero-order valence-electron chi connectivity index (χ0n) is 12.6. The second kappa shape index (κ2) is 6.27. The van der Waals surface area contributed by atoms with Crippen LogP contribution < -0.4 is 11.1 Å². The van der Waals surface area contributed by atoms with Crippen molar-refractivity contribution in [2.45, 2.75) is 13.5 Å². The van der Waals surface area contributed by atoms with Gasteiger partial charge in [0, 0.05) is 16.9 Å². The number of carbonyl (C=O) groups is 1. The van der Waals surface area contributed by atoms with Gasteiger partial charge in [0.25, 0.3) is 0 Å². The molecule has 0 unspecified atom stereocenters. The van der Waals surface area contributed by atoms with E-state index in [0.29, 0.717) is 17.1 Å². The molecule has 1 amide bonds. The van der Waals surface area contributed by atoms with Crippen LogP contribution in [0.2, 0.25) is 0 Å². The zero-order valence-corrected chi connectivity index (χ0v) is 12.6. The first-order valence-electron chi connectivity index (χ1n) is 7.11. The molecule has 0 saturated heterocycles. The lowest BCUT2D eigenvalue weighted by Gasteiger charge is -2.04. The van der Waals surface area contributed by atoms with Crippen molar-refractivity contribution in [3.8, 4) is 11.4 Å². The van der Waals surface area contributed by atoms with E-state index < -0.39 is 0 Å². The number of amides is 1. The number of para-hydroxylation sites is 1. The van der Waals surface area contributed by atoms with Crippen LogP contribution in [0, 0.1) is 6.92 Å². The van der Waals surface area contributed by atoms with Gasteiger partial charge in [-0.05, 0) is 36.4 Å². The molecule has 7 nitrogen and oxygen atoms in total. The number of tetrazole rings is 1. The van der Waals surface area contributed by atoms with Gasteiger partial charge in [-0.2, -0.15) is 4.80 Å².